The average molecular weight is 412 g/mol. The summed E-state index contributed by atoms with van der Waals surface area (Å²) in [5.41, 5.74) is -1.30. The molecule has 2 aromatic rings. The molecule has 10 heteroatoms. The largest absolute Gasteiger partial charge is 0.335 e. The first-order valence-electron chi connectivity index (χ1n) is 5.32. The van der Waals surface area contributed by atoms with Gasteiger partial charge in [-0.1, -0.05) is 23.2 Å². The minimum Gasteiger partial charge on any atom is -0.301 e. The Bertz CT molecular complexity index is 802. The third-order valence-electron chi connectivity index (χ3n) is 2.50. The second-order valence-corrected chi connectivity index (χ2v) is 7.10. The van der Waals surface area contributed by atoms with Crippen LogP contribution in [0.25, 0.3) is 0 Å². The lowest BCUT2D eigenvalue weighted by atomic mass is 10.2. The Labute approximate surface area is 140 Å². The highest BCUT2D eigenvalue weighted by molar-refractivity contribution is 9.10. The van der Waals surface area contributed by atoms with E-state index in [1.807, 2.05) is 0 Å². The first-order valence-corrected chi connectivity index (χ1v) is 7.68. The number of nitrogens with zero attached hydrogens (tertiary/aromatic N) is 2. The molecular formula is C11H5BrCl2N2O4S. The first kappa shape index (κ1) is 16.2. The summed E-state index contributed by atoms with van der Waals surface area (Å²) in [5, 5.41) is 10.8. The van der Waals surface area contributed by atoms with Gasteiger partial charge in [-0.2, -0.15) is 0 Å². The zero-order chi connectivity index (χ0) is 15.7. The molecule has 2 heterocycles. The Hall–Kier alpha value is -1.22. The van der Waals surface area contributed by atoms with Gasteiger partial charge in [0.25, 0.3) is 0 Å². The fourth-order valence-corrected chi connectivity index (χ4v) is 3.57. The lowest BCUT2D eigenvalue weighted by Crippen LogP contribution is -2.25. The molecule has 0 saturated carbocycles. The second kappa shape index (κ2) is 6.27. The fourth-order valence-electron chi connectivity index (χ4n) is 1.60. The third kappa shape index (κ3) is 3.52. The van der Waals surface area contributed by atoms with Crippen molar-refractivity contribution in [3.8, 4) is 0 Å². The van der Waals surface area contributed by atoms with Crippen molar-refractivity contribution < 1.29 is 9.72 Å². The van der Waals surface area contributed by atoms with Crippen molar-refractivity contribution in [2.75, 3.05) is 0 Å². The van der Waals surface area contributed by atoms with Crippen molar-refractivity contribution in [3.63, 3.8) is 0 Å². The molecule has 0 bridgehead atoms. The summed E-state index contributed by atoms with van der Waals surface area (Å²) in [7, 11) is 0. The van der Waals surface area contributed by atoms with Crippen LogP contribution >= 0.6 is 50.5 Å². The number of thiophene rings is 1. The molecule has 0 radical (unpaired) electrons. The van der Waals surface area contributed by atoms with Crippen LogP contribution in [-0.2, 0) is 6.54 Å². The summed E-state index contributed by atoms with van der Waals surface area (Å²) in [6.07, 6.45) is 1.30. The summed E-state index contributed by atoms with van der Waals surface area (Å²) >= 11 is 15.7. The van der Waals surface area contributed by atoms with Crippen molar-refractivity contribution >= 4 is 61.9 Å². The predicted molar refractivity (Wildman–Crippen MR) is 83.7 cm³/mol. The molecule has 0 spiro atoms. The lowest BCUT2D eigenvalue weighted by molar-refractivity contribution is -0.386. The van der Waals surface area contributed by atoms with Crippen LogP contribution in [0, 0.1) is 10.1 Å². The summed E-state index contributed by atoms with van der Waals surface area (Å²) in [4.78, 5) is 34.0. The molecule has 0 saturated heterocycles. The van der Waals surface area contributed by atoms with E-state index in [0.717, 1.165) is 22.0 Å². The van der Waals surface area contributed by atoms with Gasteiger partial charge in [-0.15, -0.1) is 11.3 Å². The van der Waals surface area contributed by atoms with E-state index in [4.69, 9.17) is 23.2 Å². The Kier molecular flexibility index (Phi) is 4.82. The number of hydrogen-bond acceptors (Lipinski definition) is 5. The van der Waals surface area contributed by atoms with Crippen molar-refractivity contribution in [2.24, 2.45) is 0 Å². The van der Waals surface area contributed by atoms with Crippen LogP contribution < -0.4 is 5.56 Å². The number of Topliss-reactive ketones (excluding diaryl/α,β-unsaturated/α-hetero) is 1. The van der Waals surface area contributed by atoms with E-state index in [1.54, 1.807) is 0 Å². The maximum absolute atomic E-state index is 12.1. The summed E-state index contributed by atoms with van der Waals surface area (Å²) in [6.45, 7) is -0.369. The average Bonchev–Trinajstić information content (AvgIpc) is 2.72. The van der Waals surface area contributed by atoms with E-state index < -0.39 is 22.0 Å². The number of rotatable bonds is 4. The Balaban J connectivity index is 2.40. The molecule has 110 valence electrons. The summed E-state index contributed by atoms with van der Waals surface area (Å²) in [6, 6.07) is 2.48. The molecule has 0 aromatic carbocycles. The van der Waals surface area contributed by atoms with Gasteiger partial charge in [-0.3, -0.25) is 19.7 Å². The fraction of sp³-hybridized carbons (Fsp3) is 0.0909. The van der Waals surface area contributed by atoms with Gasteiger partial charge in [0.2, 0.25) is 0 Å². The highest BCUT2D eigenvalue weighted by Crippen LogP contribution is 2.31. The molecule has 0 N–H and O–H groups in total. The Morgan fingerprint density at radius 1 is 1.43 bits per heavy atom. The number of ketones is 1. The smallest absolute Gasteiger partial charge is 0.301 e. The number of carbonyl (C=O) groups excluding carboxylic acids is 1. The minimum absolute atomic E-state index is 0.182. The maximum atomic E-state index is 12.1. The SMILES string of the molecule is O=C(Cn1cc(Br)cc([N+](=O)[O-])c1=O)c1cc(Cl)sc1Cl. The Morgan fingerprint density at radius 2 is 2.10 bits per heavy atom. The van der Waals surface area contributed by atoms with E-state index in [2.05, 4.69) is 15.9 Å². The van der Waals surface area contributed by atoms with Crippen molar-refractivity contribution in [3.05, 3.63) is 57.5 Å². The van der Waals surface area contributed by atoms with Crippen LogP contribution in [-0.4, -0.2) is 15.3 Å². The van der Waals surface area contributed by atoms with Gasteiger partial charge in [0, 0.05) is 16.7 Å². The molecule has 0 amide bonds. The van der Waals surface area contributed by atoms with E-state index in [9.17, 15) is 19.7 Å². The molecule has 0 aliphatic carbocycles. The van der Waals surface area contributed by atoms with Crippen LogP contribution in [0.1, 0.15) is 10.4 Å². The first-order chi connectivity index (χ1) is 9.79. The number of halogens is 3. The molecule has 21 heavy (non-hydrogen) atoms. The van der Waals surface area contributed by atoms with Crippen LogP contribution in [0.2, 0.25) is 8.67 Å². The van der Waals surface area contributed by atoms with Gasteiger partial charge in [0.05, 0.1) is 21.4 Å². The van der Waals surface area contributed by atoms with Gasteiger partial charge in [0.15, 0.2) is 5.78 Å². The Morgan fingerprint density at radius 3 is 2.62 bits per heavy atom. The maximum Gasteiger partial charge on any atom is 0.335 e. The molecule has 0 unspecified atom stereocenters. The van der Waals surface area contributed by atoms with E-state index in [0.29, 0.717) is 8.81 Å². The number of nitro groups is 1. The van der Waals surface area contributed by atoms with Crippen LogP contribution in [0.3, 0.4) is 0 Å². The highest BCUT2D eigenvalue weighted by Gasteiger charge is 2.20. The van der Waals surface area contributed by atoms with Gasteiger partial charge in [0.1, 0.15) is 4.34 Å². The van der Waals surface area contributed by atoms with Gasteiger partial charge < -0.3 is 4.57 Å². The zero-order valence-corrected chi connectivity index (χ0v) is 13.9. The molecule has 0 fully saturated rings. The molecular weight excluding hydrogens is 407 g/mol. The van der Waals surface area contributed by atoms with Gasteiger partial charge in [-0.05, 0) is 22.0 Å². The second-order valence-electron chi connectivity index (χ2n) is 3.89. The van der Waals surface area contributed by atoms with Gasteiger partial charge >= 0.3 is 11.2 Å². The molecule has 2 aromatic heterocycles. The molecule has 0 atom stereocenters. The van der Waals surface area contributed by atoms with E-state index in [-0.39, 0.29) is 16.4 Å². The number of carbonyl (C=O) groups is 1. The lowest BCUT2D eigenvalue weighted by Gasteiger charge is -2.05. The quantitative estimate of drug-likeness (QED) is 0.435. The molecule has 6 nitrogen and oxygen atoms in total. The molecule has 0 aliphatic heterocycles. The van der Waals surface area contributed by atoms with E-state index >= 15 is 0 Å². The molecule has 0 aliphatic rings. The van der Waals surface area contributed by atoms with Crippen LogP contribution in [0.4, 0.5) is 5.69 Å². The van der Waals surface area contributed by atoms with Crippen molar-refractivity contribution in [2.45, 2.75) is 6.54 Å². The van der Waals surface area contributed by atoms with Crippen molar-refractivity contribution in [1.29, 1.82) is 0 Å². The van der Waals surface area contributed by atoms with Crippen LogP contribution in [0.5, 0.6) is 0 Å². The van der Waals surface area contributed by atoms with Crippen LogP contribution in [0.15, 0.2) is 27.6 Å². The number of pyridine rings is 1. The predicted octanol–water partition coefficient (Wildman–Crippen LogP) is 3.77. The number of aromatic nitrogens is 1. The summed E-state index contributed by atoms with van der Waals surface area (Å²) < 4.78 is 1.82. The zero-order valence-electron chi connectivity index (χ0n) is 10.0. The number of hydrogen-bond donors (Lipinski definition) is 0. The molecule has 2 rings (SSSR count). The van der Waals surface area contributed by atoms with Gasteiger partial charge in [-0.25, -0.2) is 0 Å². The monoisotopic (exact) mass is 410 g/mol. The van der Waals surface area contributed by atoms with E-state index in [1.165, 1.54) is 12.3 Å². The minimum atomic E-state index is -0.867. The third-order valence-corrected chi connectivity index (χ3v) is 4.42. The summed E-state index contributed by atoms with van der Waals surface area (Å²) in [5.74, 6) is -0.461. The highest BCUT2D eigenvalue weighted by atomic mass is 79.9. The standard InChI is InChI=1S/C11H5BrCl2N2O4S/c12-5-1-7(16(19)20)11(18)15(3-5)4-8(17)6-2-9(13)21-10(6)14/h1-3H,4H2. The normalized spacial score (nSPS) is 10.6. The topological polar surface area (TPSA) is 82.2 Å². The van der Waals surface area contributed by atoms with Crippen molar-refractivity contribution in [1.82, 2.24) is 4.57 Å².